The van der Waals surface area contributed by atoms with Gasteiger partial charge in [0.15, 0.2) is 0 Å². The summed E-state index contributed by atoms with van der Waals surface area (Å²) < 4.78 is 0. The molecule has 176 valence electrons. The first-order valence-electron chi connectivity index (χ1n) is 11.3. The zero-order valence-electron chi connectivity index (χ0n) is 19.5. The molecule has 1 aromatic carbocycles. The molecular weight excluding hydrogens is 420 g/mol. The Morgan fingerprint density at radius 3 is 2.18 bits per heavy atom. The van der Waals surface area contributed by atoms with Gasteiger partial charge in [0.25, 0.3) is 11.8 Å². The predicted octanol–water partition coefficient (Wildman–Crippen LogP) is 2.61. The third-order valence-corrected chi connectivity index (χ3v) is 5.35. The second-order valence-corrected chi connectivity index (χ2v) is 9.10. The van der Waals surface area contributed by atoms with Crippen molar-refractivity contribution in [1.29, 1.82) is 0 Å². The predicted molar refractivity (Wildman–Crippen MR) is 127 cm³/mol. The van der Waals surface area contributed by atoms with Gasteiger partial charge in [0, 0.05) is 48.9 Å². The molecule has 0 saturated carbocycles. The Kier molecular flexibility index (Phi) is 7.97. The van der Waals surface area contributed by atoms with Crippen LogP contribution in [-0.4, -0.2) is 53.9 Å². The fourth-order valence-corrected chi connectivity index (χ4v) is 3.34. The molecule has 2 aromatic rings. The fraction of sp³-hybridized carbons (Fsp3) is 0.458. The number of nitrogens with one attached hydrogen (secondary N) is 3. The summed E-state index contributed by atoms with van der Waals surface area (Å²) in [6, 6.07) is 8.38. The van der Waals surface area contributed by atoms with Crippen molar-refractivity contribution in [3.8, 4) is 0 Å². The molecular formula is C24H32N6O3. The number of carbonyl (C=O) groups excluding carboxylic acids is 3. The van der Waals surface area contributed by atoms with Gasteiger partial charge in [-0.05, 0) is 43.5 Å². The lowest BCUT2D eigenvalue weighted by Gasteiger charge is -2.27. The van der Waals surface area contributed by atoms with E-state index in [1.54, 1.807) is 30.3 Å². The number of hydrogen-bond acceptors (Lipinski definition) is 6. The Morgan fingerprint density at radius 1 is 0.909 bits per heavy atom. The molecule has 3 amide bonds. The highest BCUT2D eigenvalue weighted by atomic mass is 16.2. The maximum Gasteiger partial charge on any atom is 0.270 e. The topological polar surface area (TPSA) is 116 Å². The van der Waals surface area contributed by atoms with Crippen LogP contribution in [0.4, 0.5) is 11.5 Å². The van der Waals surface area contributed by atoms with Gasteiger partial charge in [0.05, 0.1) is 0 Å². The molecule has 1 saturated heterocycles. The summed E-state index contributed by atoms with van der Waals surface area (Å²) in [5.41, 5.74) is 0.913. The standard InChI is InChI=1S/C24H32N6O3/c1-24(2,3)23(33)29-18-9-7-17(8-10-18)21(31)25-11-12-26-22(32)19-15-20(28-16-27-19)30-13-5-4-6-14-30/h7-10,15-16H,4-6,11-14H2,1-3H3,(H,25,31)(H,26,32)(H,29,33). The van der Waals surface area contributed by atoms with Gasteiger partial charge in [-0.25, -0.2) is 9.97 Å². The fourth-order valence-electron chi connectivity index (χ4n) is 3.34. The summed E-state index contributed by atoms with van der Waals surface area (Å²) in [5, 5.41) is 8.36. The molecule has 0 radical (unpaired) electrons. The number of carbonyl (C=O) groups is 3. The molecule has 1 aromatic heterocycles. The summed E-state index contributed by atoms with van der Waals surface area (Å²) in [7, 11) is 0. The number of anilines is 2. The number of amides is 3. The Labute approximate surface area is 194 Å². The minimum Gasteiger partial charge on any atom is -0.357 e. The SMILES string of the molecule is CC(C)(C)C(=O)Nc1ccc(C(=O)NCCNC(=O)c2cc(N3CCCCC3)ncn2)cc1. The lowest BCUT2D eigenvalue weighted by Crippen LogP contribution is -2.35. The Bertz CT molecular complexity index is 978. The molecule has 3 rings (SSSR count). The van der Waals surface area contributed by atoms with E-state index in [0.29, 0.717) is 16.9 Å². The highest BCUT2D eigenvalue weighted by Crippen LogP contribution is 2.18. The first-order chi connectivity index (χ1) is 15.7. The van der Waals surface area contributed by atoms with Crippen LogP contribution in [-0.2, 0) is 4.79 Å². The molecule has 0 atom stereocenters. The third kappa shape index (κ3) is 7.00. The van der Waals surface area contributed by atoms with Gasteiger partial charge >= 0.3 is 0 Å². The van der Waals surface area contributed by atoms with E-state index in [2.05, 4.69) is 30.8 Å². The van der Waals surface area contributed by atoms with Crippen LogP contribution in [0, 0.1) is 5.41 Å². The minimum atomic E-state index is -0.499. The van der Waals surface area contributed by atoms with E-state index in [4.69, 9.17) is 0 Å². The van der Waals surface area contributed by atoms with Crippen LogP contribution in [0.3, 0.4) is 0 Å². The molecule has 0 unspecified atom stereocenters. The zero-order chi connectivity index (χ0) is 23.8. The van der Waals surface area contributed by atoms with E-state index in [-0.39, 0.29) is 30.8 Å². The summed E-state index contributed by atoms with van der Waals surface area (Å²) in [4.78, 5) is 47.3. The summed E-state index contributed by atoms with van der Waals surface area (Å²) >= 11 is 0. The van der Waals surface area contributed by atoms with Crippen molar-refractivity contribution in [2.24, 2.45) is 5.41 Å². The van der Waals surface area contributed by atoms with Gasteiger partial charge in [-0.1, -0.05) is 20.8 Å². The number of benzene rings is 1. The number of hydrogen-bond donors (Lipinski definition) is 3. The van der Waals surface area contributed by atoms with Gasteiger partial charge in [0.2, 0.25) is 5.91 Å². The minimum absolute atomic E-state index is 0.0952. The third-order valence-electron chi connectivity index (χ3n) is 5.35. The number of piperidine rings is 1. The van der Waals surface area contributed by atoms with Gasteiger partial charge in [0.1, 0.15) is 17.8 Å². The lowest BCUT2D eigenvalue weighted by molar-refractivity contribution is -0.123. The van der Waals surface area contributed by atoms with Crippen LogP contribution in [0.15, 0.2) is 36.7 Å². The average molecular weight is 453 g/mol. The van der Waals surface area contributed by atoms with Crippen molar-refractivity contribution < 1.29 is 14.4 Å². The average Bonchev–Trinajstić information content (AvgIpc) is 2.82. The van der Waals surface area contributed by atoms with E-state index in [1.165, 1.54) is 12.7 Å². The van der Waals surface area contributed by atoms with E-state index < -0.39 is 5.41 Å². The highest BCUT2D eigenvalue weighted by Gasteiger charge is 2.21. The van der Waals surface area contributed by atoms with Gasteiger partial charge in [-0.15, -0.1) is 0 Å². The van der Waals surface area contributed by atoms with Gasteiger partial charge in [-0.3, -0.25) is 14.4 Å². The first-order valence-corrected chi connectivity index (χ1v) is 11.3. The summed E-state index contributed by atoms with van der Waals surface area (Å²) in [5.74, 6) is 0.115. The molecule has 0 aliphatic carbocycles. The largest absolute Gasteiger partial charge is 0.357 e. The Hall–Kier alpha value is -3.49. The van der Waals surface area contributed by atoms with E-state index in [1.807, 2.05) is 20.8 Å². The van der Waals surface area contributed by atoms with Crippen molar-refractivity contribution in [2.75, 3.05) is 36.4 Å². The number of rotatable bonds is 7. The Morgan fingerprint density at radius 2 is 1.55 bits per heavy atom. The van der Waals surface area contributed by atoms with Crippen LogP contribution in [0.2, 0.25) is 0 Å². The smallest absolute Gasteiger partial charge is 0.270 e. The van der Waals surface area contributed by atoms with E-state index >= 15 is 0 Å². The maximum absolute atomic E-state index is 12.4. The number of nitrogens with zero attached hydrogens (tertiary/aromatic N) is 3. The van der Waals surface area contributed by atoms with E-state index in [9.17, 15) is 14.4 Å². The summed E-state index contributed by atoms with van der Waals surface area (Å²) in [6.07, 6.45) is 4.88. The number of aromatic nitrogens is 2. The molecule has 0 bridgehead atoms. The monoisotopic (exact) mass is 452 g/mol. The first kappa shape index (κ1) is 24.2. The normalized spacial score (nSPS) is 13.8. The van der Waals surface area contributed by atoms with Crippen molar-refractivity contribution in [2.45, 2.75) is 40.0 Å². The van der Waals surface area contributed by atoms with Gasteiger partial charge < -0.3 is 20.9 Å². The van der Waals surface area contributed by atoms with Crippen LogP contribution in [0.25, 0.3) is 0 Å². The van der Waals surface area contributed by atoms with Crippen molar-refractivity contribution in [3.05, 3.63) is 47.9 Å². The lowest BCUT2D eigenvalue weighted by atomic mass is 9.95. The van der Waals surface area contributed by atoms with Crippen LogP contribution < -0.4 is 20.9 Å². The Balaban J connectivity index is 1.43. The molecule has 2 heterocycles. The van der Waals surface area contributed by atoms with Crippen molar-refractivity contribution in [1.82, 2.24) is 20.6 Å². The van der Waals surface area contributed by atoms with Crippen LogP contribution in [0.1, 0.15) is 60.9 Å². The van der Waals surface area contributed by atoms with Gasteiger partial charge in [-0.2, -0.15) is 0 Å². The molecule has 0 spiro atoms. The van der Waals surface area contributed by atoms with Crippen LogP contribution >= 0.6 is 0 Å². The molecule has 1 fully saturated rings. The van der Waals surface area contributed by atoms with Crippen molar-refractivity contribution in [3.63, 3.8) is 0 Å². The molecule has 9 nitrogen and oxygen atoms in total. The van der Waals surface area contributed by atoms with Crippen molar-refractivity contribution >= 4 is 29.2 Å². The van der Waals surface area contributed by atoms with E-state index in [0.717, 1.165) is 31.7 Å². The summed E-state index contributed by atoms with van der Waals surface area (Å²) in [6.45, 7) is 7.93. The second-order valence-electron chi connectivity index (χ2n) is 9.10. The maximum atomic E-state index is 12.4. The molecule has 33 heavy (non-hydrogen) atoms. The quantitative estimate of drug-likeness (QED) is 0.556. The second kappa shape index (κ2) is 10.9. The molecule has 9 heteroatoms. The molecule has 1 aliphatic heterocycles. The van der Waals surface area contributed by atoms with Crippen LogP contribution in [0.5, 0.6) is 0 Å². The highest BCUT2D eigenvalue weighted by molar-refractivity contribution is 5.97. The zero-order valence-corrected chi connectivity index (χ0v) is 19.5. The molecule has 3 N–H and O–H groups in total. The molecule has 1 aliphatic rings.